The number of nitrogens with one attached hydrogen (secondary N) is 14. The van der Waals surface area contributed by atoms with Gasteiger partial charge >= 0.3 is 5.97 Å². The number of primary amides is 3. The van der Waals surface area contributed by atoms with E-state index in [1.807, 2.05) is 30.3 Å². The molecule has 0 bridgehead atoms. The molecule has 23 N–H and O–H groups in total. The van der Waals surface area contributed by atoms with Gasteiger partial charge in [-0.2, -0.15) is 0 Å². The first-order valence-corrected chi connectivity index (χ1v) is 44.7. The number of H-pyrrole nitrogens is 1. The molecule has 1 aliphatic rings. The van der Waals surface area contributed by atoms with E-state index >= 15 is 28.8 Å². The number of nitrogens with two attached hydrogens (primary N) is 3. The molecule has 134 heavy (non-hydrogen) atoms. The van der Waals surface area contributed by atoms with Gasteiger partial charge in [0.1, 0.15) is 84.3 Å². The monoisotopic (exact) mass is 1880 g/mol. The predicted octanol–water partition coefficient (Wildman–Crippen LogP) is -1.87. The zero-order valence-electron chi connectivity index (χ0n) is 76.3. The Labute approximate surface area is 778 Å². The SMILES string of the molecule is CC(C)C[C@@H]1NC(=O)[C@H](Cc2c[nH]c3ccccc23)NC(=O)[C@H](CC(=O)O)NC(=O)[C@H](Cc2ccc(O)cc2)NC(=O)[C@H](Cc2ccc(C(N)=O)cc2)NC(=O)CSC[C@@H](C(=O)NCC(N)=O)NC(=O)[C@H](CO)NC(=O)[C@H](C(C)C)NC(=O)[C@H](CC(C)C)NC(=O)[C@H](CC(N)=O)NC(=O)CN(C)C(=O)[C@H](C)N(C)C(=O)[C@H](C(C)C)NC(=O)[C@H](Cc2ccc(-c3ccccc3)cc2)NC1=O. The number of aromatic amines is 1. The van der Waals surface area contributed by atoms with Gasteiger partial charge < -0.3 is 116 Å². The second-order valence-corrected chi connectivity index (χ2v) is 35.4. The zero-order valence-corrected chi connectivity index (χ0v) is 77.2. The molecule has 13 atom stereocenters. The van der Waals surface area contributed by atoms with Crippen LogP contribution in [-0.4, -0.2) is 266 Å². The number of hydrogen-bond donors (Lipinski definition) is 20. The smallest absolute Gasteiger partial charge is 0.305 e. The van der Waals surface area contributed by atoms with Gasteiger partial charge in [-0.25, -0.2) is 0 Å². The number of likely N-dealkylation sites (N-methyl/N-ethyl adjacent to an activating group) is 2. The van der Waals surface area contributed by atoms with Crippen LogP contribution in [0.25, 0.3) is 22.0 Å². The number of aromatic hydroxyl groups is 1. The zero-order chi connectivity index (χ0) is 99.1. The Morgan fingerprint density at radius 1 is 0.455 bits per heavy atom. The van der Waals surface area contributed by atoms with Crippen LogP contribution in [0.3, 0.4) is 0 Å². The molecule has 1 saturated heterocycles. The number of aliphatic hydroxyl groups is 1. The molecule has 18 amide bonds. The fourth-order valence-corrected chi connectivity index (χ4v) is 15.4. The summed E-state index contributed by atoms with van der Waals surface area (Å²) in [5, 5.41) is 64.9. The lowest BCUT2D eigenvalue weighted by Gasteiger charge is -2.33. The number of carbonyl (C=O) groups excluding carboxylic acids is 18. The van der Waals surface area contributed by atoms with Crippen molar-refractivity contribution in [2.24, 2.45) is 40.9 Å². The van der Waals surface area contributed by atoms with E-state index in [0.717, 1.165) is 20.9 Å². The molecule has 0 saturated carbocycles. The number of para-hydroxylation sites is 1. The Morgan fingerprint density at radius 2 is 0.881 bits per heavy atom. The summed E-state index contributed by atoms with van der Waals surface area (Å²) in [6.45, 7) is 11.6. The van der Waals surface area contributed by atoms with E-state index in [4.69, 9.17) is 17.2 Å². The molecule has 0 spiro atoms. The number of thioether (sulfide) groups is 1. The highest BCUT2D eigenvalue weighted by Gasteiger charge is 2.41. The molecule has 0 unspecified atom stereocenters. The van der Waals surface area contributed by atoms with Crippen molar-refractivity contribution in [3.63, 3.8) is 0 Å². The fraction of sp³-hybridized carbons (Fsp3) is 0.446. The average molecular weight is 1880 g/mol. The van der Waals surface area contributed by atoms with Crippen LogP contribution in [0.5, 0.6) is 5.75 Å². The second-order valence-electron chi connectivity index (χ2n) is 34.4. The number of aromatic nitrogens is 1. The number of fused-ring (bicyclic) bond motifs is 1. The van der Waals surface area contributed by atoms with Crippen LogP contribution < -0.4 is 86.3 Å². The van der Waals surface area contributed by atoms with Crippen molar-refractivity contribution in [1.29, 1.82) is 0 Å². The van der Waals surface area contributed by atoms with Crippen LogP contribution in [-0.2, 0) is 112 Å². The number of carbonyl (C=O) groups is 19. The summed E-state index contributed by atoms with van der Waals surface area (Å²) in [4.78, 5) is 275. The van der Waals surface area contributed by atoms with Gasteiger partial charge in [0.25, 0.3) is 0 Å². The molecule has 0 radical (unpaired) electrons. The third-order valence-electron chi connectivity index (χ3n) is 21.9. The number of phenolic OH excluding ortho intramolecular Hbond substituents is 1. The second kappa shape index (κ2) is 50.9. The standard InChI is InChI=1S/C92H121N19O22S/c1-47(2)33-62-81(122)103-66(36-52-21-27-56(28-22-52)55-17-13-12-14-18-55)88(129)109-78(50(7)8)92(133)111(11)51(9)91(132)110(10)43-74(116)98-68(39-72(93)114)85(126)101-63(34-48(3)4)87(128)108-77(49(5)6)90(131)106-70(44-112)89(130)107-71(80(121)97-42-73(94)115)45-134-46-75(117)99-64(35-53-23-29-57(30-24-53)79(95)120)82(123)102-65(37-54-25-31-59(113)32-26-54)83(124)105-69(40-76(118)119)86(127)104-67(84(125)100-62)38-58-41-96-61-20-16-15-19-60(58)61/h12-32,41,47-51,62-71,77-78,96,112-113H,33-40,42-46H2,1-11H3,(H2,93,114)(H2,94,115)(H2,95,120)(H,97,121)(H,98,116)(H,99,117)(H,100,125)(H,101,126)(H,102,123)(H,103,122)(H,104,127)(H,105,124)(H,106,131)(H,107,130)(H,108,128)(H,109,129)(H,118,119)/t51-,62-,63-,64-,65-,66-,67-,68-,69-,70-,71-,77-,78-/m0/s1. The number of aliphatic hydroxyl groups excluding tert-OH is 1. The number of benzene rings is 5. The Morgan fingerprint density at radius 3 is 1.39 bits per heavy atom. The van der Waals surface area contributed by atoms with E-state index in [1.54, 1.807) is 96.3 Å². The minimum absolute atomic E-state index is 0.0385. The van der Waals surface area contributed by atoms with E-state index < -0.39 is 265 Å². The minimum Gasteiger partial charge on any atom is -0.508 e. The number of rotatable bonds is 24. The van der Waals surface area contributed by atoms with Gasteiger partial charge in [0, 0.05) is 68.2 Å². The van der Waals surface area contributed by atoms with Gasteiger partial charge in [-0.3, -0.25) is 91.1 Å². The number of carboxylic acids is 1. The highest BCUT2D eigenvalue weighted by atomic mass is 32.2. The molecule has 1 aliphatic heterocycles. The lowest BCUT2D eigenvalue weighted by Crippen LogP contribution is -2.61. The molecule has 7 rings (SSSR count). The van der Waals surface area contributed by atoms with Gasteiger partial charge in [-0.05, 0) is 107 Å². The number of hydrogen-bond acceptors (Lipinski definition) is 22. The number of aliphatic carboxylic acids is 1. The van der Waals surface area contributed by atoms with E-state index in [2.05, 4.69) is 74.1 Å². The summed E-state index contributed by atoms with van der Waals surface area (Å²) in [6.07, 6.45) is -2.28. The lowest BCUT2D eigenvalue weighted by molar-refractivity contribution is -0.147. The molecule has 41 nitrogen and oxygen atoms in total. The van der Waals surface area contributed by atoms with Crippen molar-refractivity contribution in [3.8, 4) is 16.9 Å². The van der Waals surface area contributed by atoms with E-state index in [1.165, 1.54) is 83.4 Å². The third kappa shape index (κ3) is 32.9. The van der Waals surface area contributed by atoms with Crippen molar-refractivity contribution in [2.45, 2.75) is 192 Å². The summed E-state index contributed by atoms with van der Waals surface area (Å²) in [5.74, 6) is -24.2. The maximum absolute atomic E-state index is 15.4. The Balaban J connectivity index is 1.32. The molecular weight excluding hydrogens is 1760 g/mol. The first kappa shape index (κ1) is 107. The Kier molecular flexibility index (Phi) is 40.5. The van der Waals surface area contributed by atoms with E-state index in [0.29, 0.717) is 33.8 Å². The summed E-state index contributed by atoms with van der Waals surface area (Å²) in [6, 6.07) is 12.0. The highest BCUT2D eigenvalue weighted by Crippen LogP contribution is 2.24. The summed E-state index contributed by atoms with van der Waals surface area (Å²) in [5.41, 5.74) is 20.2. The van der Waals surface area contributed by atoms with E-state index in [-0.39, 0.29) is 54.0 Å². The van der Waals surface area contributed by atoms with Crippen molar-refractivity contribution in [1.82, 2.24) is 83.9 Å². The number of carboxylic acid groups (broad SMARTS) is 1. The molecule has 1 fully saturated rings. The maximum atomic E-state index is 15.4. The van der Waals surface area contributed by atoms with Crippen LogP contribution in [0, 0.1) is 23.7 Å². The Bertz CT molecular complexity index is 5210. The highest BCUT2D eigenvalue weighted by molar-refractivity contribution is 8.00. The van der Waals surface area contributed by atoms with Gasteiger partial charge in [-0.15, -0.1) is 11.8 Å². The van der Waals surface area contributed by atoms with Gasteiger partial charge in [0.2, 0.25) is 106 Å². The molecule has 6 aromatic rings. The van der Waals surface area contributed by atoms with Crippen LogP contribution in [0.2, 0.25) is 0 Å². The minimum atomic E-state index is -2.10. The quantitative estimate of drug-likeness (QED) is 0.0316. The largest absolute Gasteiger partial charge is 0.508 e. The molecule has 0 aliphatic carbocycles. The summed E-state index contributed by atoms with van der Waals surface area (Å²) in [7, 11) is 2.46. The van der Waals surface area contributed by atoms with Crippen molar-refractivity contribution in [3.05, 3.63) is 161 Å². The molecule has 42 heteroatoms. The number of phenols is 1. The summed E-state index contributed by atoms with van der Waals surface area (Å²) >= 11 is 0.655. The average Bonchev–Trinajstić information content (AvgIpc) is 1.45. The van der Waals surface area contributed by atoms with Crippen molar-refractivity contribution < 1.29 is 106 Å². The van der Waals surface area contributed by atoms with E-state index in [9.17, 15) is 77.6 Å². The molecule has 722 valence electrons. The topological polar surface area (TPSA) is 642 Å². The van der Waals surface area contributed by atoms with Gasteiger partial charge in [-0.1, -0.05) is 152 Å². The lowest BCUT2D eigenvalue weighted by atomic mass is 9.97. The molecule has 2 heterocycles. The predicted molar refractivity (Wildman–Crippen MR) is 492 cm³/mol. The number of amides is 18. The first-order chi connectivity index (χ1) is 63.3. The van der Waals surface area contributed by atoms with Gasteiger partial charge in [0.05, 0.1) is 38.3 Å². The summed E-state index contributed by atoms with van der Waals surface area (Å²) < 4.78 is 0. The van der Waals surface area contributed by atoms with Crippen LogP contribution in [0.15, 0.2) is 134 Å². The number of nitrogens with zero attached hydrogens (tertiary/aromatic N) is 2. The van der Waals surface area contributed by atoms with Gasteiger partial charge in [0.15, 0.2) is 0 Å². The van der Waals surface area contributed by atoms with Crippen LogP contribution in [0.4, 0.5) is 0 Å². The van der Waals surface area contributed by atoms with Crippen molar-refractivity contribution >= 4 is 135 Å². The first-order valence-electron chi connectivity index (χ1n) is 43.5. The molecule has 5 aromatic carbocycles. The molecular formula is C92H121N19O22S. The fourth-order valence-electron chi connectivity index (χ4n) is 14.5. The molecule has 1 aromatic heterocycles. The maximum Gasteiger partial charge on any atom is 0.305 e. The van der Waals surface area contributed by atoms with Crippen LogP contribution in [0.1, 0.15) is 121 Å². The Hall–Kier alpha value is -14.3. The normalized spacial score (nSPS) is 22.7. The van der Waals surface area contributed by atoms with Crippen LogP contribution >= 0.6 is 11.8 Å². The van der Waals surface area contributed by atoms with Crippen molar-refractivity contribution in [2.75, 3.05) is 45.3 Å². The third-order valence-corrected chi connectivity index (χ3v) is 22.9.